The second-order valence-corrected chi connectivity index (χ2v) is 3.80. The summed E-state index contributed by atoms with van der Waals surface area (Å²) in [6, 6.07) is 3.72. The van der Waals surface area contributed by atoms with E-state index in [1.54, 1.807) is 24.9 Å². The predicted octanol–water partition coefficient (Wildman–Crippen LogP) is 2.23. The lowest BCUT2D eigenvalue weighted by Gasteiger charge is -2.04. The minimum absolute atomic E-state index is 0.0545. The maximum absolute atomic E-state index is 13.0. The van der Waals surface area contributed by atoms with Gasteiger partial charge < -0.3 is 5.11 Å². The third kappa shape index (κ3) is 2.04. The van der Waals surface area contributed by atoms with Crippen molar-refractivity contribution in [1.29, 1.82) is 0 Å². The van der Waals surface area contributed by atoms with Crippen LogP contribution in [0, 0.1) is 12.7 Å². The van der Waals surface area contributed by atoms with Crippen molar-refractivity contribution in [2.24, 2.45) is 7.05 Å². The smallest absolute Gasteiger partial charge is 0.336 e. The Bertz CT molecular complexity index is 590. The van der Waals surface area contributed by atoms with Gasteiger partial charge in [0, 0.05) is 18.8 Å². The summed E-state index contributed by atoms with van der Waals surface area (Å²) in [7, 11) is 1.75. The first-order valence-electron chi connectivity index (χ1n) is 5.02. The van der Waals surface area contributed by atoms with Gasteiger partial charge in [-0.2, -0.15) is 5.10 Å². The molecule has 0 aliphatic carbocycles. The summed E-state index contributed by atoms with van der Waals surface area (Å²) in [5, 5.41) is 13.2. The number of carboxylic acids is 1. The monoisotopic (exact) mass is 234 g/mol. The highest BCUT2D eigenvalue weighted by Crippen LogP contribution is 2.26. The molecule has 0 radical (unpaired) electrons. The zero-order valence-electron chi connectivity index (χ0n) is 9.44. The van der Waals surface area contributed by atoms with Gasteiger partial charge in [0.15, 0.2) is 0 Å². The van der Waals surface area contributed by atoms with Gasteiger partial charge in [0.05, 0.1) is 11.3 Å². The number of rotatable bonds is 2. The summed E-state index contributed by atoms with van der Waals surface area (Å²) in [5.74, 6) is -1.71. The molecule has 0 unspecified atom stereocenters. The number of carbonyl (C=O) groups is 1. The number of halogens is 1. The first kappa shape index (κ1) is 11.3. The Labute approximate surface area is 97.3 Å². The Morgan fingerprint density at radius 2 is 2.12 bits per heavy atom. The van der Waals surface area contributed by atoms with Gasteiger partial charge in [-0.25, -0.2) is 9.18 Å². The summed E-state index contributed by atoms with van der Waals surface area (Å²) in [4.78, 5) is 11.1. The number of hydrogen-bond donors (Lipinski definition) is 1. The lowest BCUT2D eigenvalue weighted by atomic mass is 10.0. The average Bonchev–Trinajstić information content (AvgIpc) is 2.57. The molecule has 0 atom stereocenters. The molecule has 0 saturated carbocycles. The molecular weight excluding hydrogens is 223 g/mol. The molecule has 1 N–H and O–H groups in total. The minimum Gasteiger partial charge on any atom is -0.478 e. The fraction of sp³-hybridized carbons (Fsp3) is 0.167. The van der Waals surface area contributed by atoms with Gasteiger partial charge in [-0.1, -0.05) is 6.07 Å². The van der Waals surface area contributed by atoms with E-state index in [0.717, 1.165) is 6.07 Å². The number of aryl methyl sites for hydroxylation is 2. The van der Waals surface area contributed by atoms with Crippen LogP contribution in [0.2, 0.25) is 0 Å². The van der Waals surface area contributed by atoms with E-state index in [4.69, 9.17) is 5.11 Å². The van der Waals surface area contributed by atoms with E-state index in [1.807, 2.05) is 0 Å². The molecule has 0 aliphatic heterocycles. The van der Waals surface area contributed by atoms with Crippen LogP contribution in [0.1, 0.15) is 16.1 Å². The average molecular weight is 234 g/mol. The van der Waals surface area contributed by atoms with Crippen molar-refractivity contribution in [1.82, 2.24) is 9.78 Å². The van der Waals surface area contributed by atoms with Gasteiger partial charge in [0.25, 0.3) is 0 Å². The molecule has 0 bridgehead atoms. The third-order valence-corrected chi connectivity index (χ3v) is 2.52. The molecule has 88 valence electrons. The SMILES string of the molecule is Cc1nn(C)cc1-c1ccc(F)cc1C(=O)O. The highest BCUT2D eigenvalue weighted by Gasteiger charge is 2.16. The van der Waals surface area contributed by atoms with E-state index in [0.29, 0.717) is 16.8 Å². The van der Waals surface area contributed by atoms with E-state index in [2.05, 4.69) is 5.10 Å². The highest BCUT2D eigenvalue weighted by molar-refractivity contribution is 5.96. The molecular formula is C12H11FN2O2. The molecule has 0 aliphatic rings. The summed E-state index contributed by atoms with van der Waals surface area (Å²) in [6.45, 7) is 1.78. The second-order valence-electron chi connectivity index (χ2n) is 3.80. The molecule has 1 aromatic heterocycles. The summed E-state index contributed by atoms with van der Waals surface area (Å²) >= 11 is 0. The Hall–Kier alpha value is -2.17. The second kappa shape index (κ2) is 4.01. The van der Waals surface area contributed by atoms with E-state index in [1.165, 1.54) is 12.1 Å². The largest absolute Gasteiger partial charge is 0.478 e. The van der Waals surface area contributed by atoms with Gasteiger partial charge in [-0.15, -0.1) is 0 Å². The van der Waals surface area contributed by atoms with Crippen molar-refractivity contribution < 1.29 is 14.3 Å². The Balaban J connectivity index is 2.67. The Morgan fingerprint density at radius 1 is 1.41 bits per heavy atom. The Morgan fingerprint density at radius 3 is 2.65 bits per heavy atom. The molecule has 17 heavy (non-hydrogen) atoms. The maximum Gasteiger partial charge on any atom is 0.336 e. The normalized spacial score (nSPS) is 10.5. The van der Waals surface area contributed by atoms with Crippen LogP contribution >= 0.6 is 0 Å². The molecule has 0 spiro atoms. The van der Waals surface area contributed by atoms with Gasteiger partial charge in [0.1, 0.15) is 5.82 Å². The van der Waals surface area contributed by atoms with Crippen LogP contribution in [-0.2, 0) is 7.05 Å². The van der Waals surface area contributed by atoms with Gasteiger partial charge in [-0.3, -0.25) is 4.68 Å². The molecule has 2 aromatic rings. The number of carboxylic acid groups (broad SMARTS) is 1. The van der Waals surface area contributed by atoms with Crippen LogP contribution < -0.4 is 0 Å². The van der Waals surface area contributed by atoms with Crippen LogP contribution in [0.5, 0.6) is 0 Å². The first-order valence-corrected chi connectivity index (χ1v) is 5.02. The van der Waals surface area contributed by atoms with Crippen molar-refractivity contribution in [2.75, 3.05) is 0 Å². The van der Waals surface area contributed by atoms with Gasteiger partial charge >= 0.3 is 5.97 Å². The summed E-state index contributed by atoms with van der Waals surface area (Å²) in [6.07, 6.45) is 1.72. The predicted molar refractivity (Wildman–Crippen MR) is 60.3 cm³/mol. The lowest BCUT2D eigenvalue weighted by molar-refractivity contribution is 0.0697. The van der Waals surface area contributed by atoms with Gasteiger partial charge in [0.2, 0.25) is 0 Å². The standard InChI is InChI=1S/C12H11FN2O2/c1-7-11(6-15(2)14-7)9-4-3-8(13)5-10(9)12(16)17/h3-6H,1-2H3,(H,16,17). The van der Waals surface area contributed by atoms with Crippen molar-refractivity contribution >= 4 is 5.97 Å². The topological polar surface area (TPSA) is 55.1 Å². The number of aromatic nitrogens is 2. The van der Waals surface area contributed by atoms with Crippen LogP contribution in [0.15, 0.2) is 24.4 Å². The van der Waals surface area contributed by atoms with Crippen LogP contribution in [0.4, 0.5) is 4.39 Å². The lowest BCUT2D eigenvalue weighted by Crippen LogP contribution is -2.00. The molecule has 0 saturated heterocycles. The molecule has 0 amide bonds. The fourth-order valence-corrected chi connectivity index (χ4v) is 1.79. The van der Waals surface area contributed by atoms with E-state index < -0.39 is 11.8 Å². The van der Waals surface area contributed by atoms with Gasteiger partial charge in [-0.05, 0) is 24.6 Å². The number of benzene rings is 1. The minimum atomic E-state index is -1.15. The third-order valence-electron chi connectivity index (χ3n) is 2.52. The molecule has 4 nitrogen and oxygen atoms in total. The van der Waals surface area contributed by atoms with E-state index in [-0.39, 0.29) is 5.56 Å². The Kier molecular flexibility index (Phi) is 2.67. The first-order chi connectivity index (χ1) is 7.99. The highest BCUT2D eigenvalue weighted by atomic mass is 19.1. The number of nitrogens with zero attached hydrogens (tertiary/aromatic N) is 2. The van der Waals surface area contributed by atoms with Crippen LogP contribution in [0.25, 0.3) is 11.1 Å². The van der Waals surface area contributed by atoms with Crippen molar-refractivity contribution in [3.05, 3.63) is 41.5 Å². The zero-order valence-corrected chi connectivity index (χ0v) is 9.44. The maximum atomic E-state index is 13.0. The molecule has 2 rings (SSSR count). The summed E-state index contributed by atoms with van der Waals surface area (Å²) < 4.78 is 14.6. The molecule has 5 heteroatoms. The summed E-state index contributed by atoms with van der Waals surface area (Å²) in [5.41, 5.74) is 1.83. The molecule has 1 heterocycles. The van der Waals surface area contributed by atoms with Crippen molar-refractivity contribution in [3.63, 3.8) is 0 Å². The van der Waals surface area contributed by atoms with Crippen molar-refractivity contribution in [3.8, 4) is 11.1 Å². The van der Waals surface area contributed by atoms with Crippen LogP contribution in [-0.4, -0.2) is 20.9 Å². The van der Waals surface area contributed by atoms with Crippen LogP contribution in [0.3, 0.4) is 0 Å². The fourth-order valence-electron chi connectivity index (χ4n) is 1.79. The molecule has 1 aromatic carbocycles. The van der Waals surface area contributed by atoms with E-state index in [9.17, 15) is 9.18 Å². The number of aromatic carboxylic acids is 1. The molecule has 0 fully saturated rings. The van der Waals surface area contributed by atoms with E-state index >= 15 is 0 Å². The number of hydrogen-bond acceptors (Lipinski definition) is 2. The van der Waals surface area contributed by atoms with Crippen molar-refractivity contribution in [2.45, 2.75) is 6.92 Å². The zero-order chi connectivity index (χ0) is 12.6. The quantitative estimate of drug-likeness (QED) is 0.866.